The molecule has 0 aliphatic carbocycles. The fourth-order valence-corrected chi connectivity index (χ4v) is 2.29. The number of nitrogens with zero attached hydrogens (tertiary/aromatic N) is 1. The summed E-state index contributed by atoms with van der Waals surface area (Å²) in [5, 5.41) is 3.40. The first-order valence-corrected chi connectivity index (χ1v) is 7.77. The van der Waals surface area contributed by atoms with E-state index in [1.165, 1.54) is 0 Å². The molecule has 0 fully saturated rings. The maximum Gasteiger partial charge on any atom is 0.255 e. The monoisotopic (exact) mass is 278 g/mol. The van der Waals surface area contributed by atoms with Crippen molar-refractivity contribution in [1.29, 1.82) is 0 Å². The largest absolute Gasteiger partial charge is 0.312 e. The Morgan fingerprint density at radius 3 is 2.40 bits per heavy atom. The van der Waals surface area contributed by atoms with Crippen LogP contribution in [0.25, 0.3) is 0 Å². The second kappa shape index (κ2) is 7.07. The zero-order chi connectivity index (χ0) is 15.3. The van der Waals surface area contributed by atoms with E-state index in [-0.39, 0.29) is 11.0 Å². The molecule has 0 saturated carbocycles. The van der Waals surface area contributed by atoms with E-state index in [9.17, 15) is 4.79 Å². The molecule has 20 heavy (non-hydrogen) atoms. The molecule has 1 atom stereocenters. The van der Waals surface area contributed by atoms with Crippen molar-refractivity contribution in [2.24, 2.45) is 0 Å². The van der Waals surface area contributed by atoms with Gasteiger partial charge < -0.3 is 9.88 Å². The van der Waals surface area contributed by atoms with Gasteiger partial charge in [-0.3, -0.25) is 4.79 Å². The lowest BCUT2D eigenvalue weighted by atomic mass is 9.90. The topological polar surface area (TPSA) is 34.0 Å². The van der Waals surface area contributed by atoms with Crippen LogP contribution >= 0.6 is 0 Å². The minimum absolute atomic E-state index is 0.00298. The molecule has 1 heterocycles. The second-order valence-corrected chi connectivity index (χ2v) is 6.64. The summed E-state index contributed by atoms with van der Waals surface area (Å²) in [6.45, 7) is 14.3. The van der Waals surface area contributed by atoms with Gasteiger partial charge in [0.1, 0.15) is 0 Å². The van der Waals surface area contributed by atoms with E-state index < -0.39 is 0 Å². The molecule has 0 bridgehead atoms. The number of pyridine rings is 1. The Labute approximate surface area is 123 Å². The van der Waals surface area contributed by atoms with E-state index in [1.54, 1.807) is 0 Å². The summed E-state index contributed by atoms with van der Waals surface area (Å²) in [6, 6.07) is 4.55. The van der Waals surface area contributed by atoms with Gasteiger partial charge in [0.2, 0.25) is 0 Å². The molecule has 0 radical (unpaired) electrons. The minimum atomic E-state index is -0.00298. The molecule has 1 N–H and O–H groups in total. The molecule has 0 saturated heterocycles. The van der Waals surface area contributed by atoms with Gasteiger partial charge >= 0.3 is 0 Å². The van der Waals surface area contributed by atoms with Crippen LogP contribution in [0.3, 0.4) is 0 Å². The van der Waals surface area contributed by atoms with Crippen LogP contribution in [0.1, 0.15) is 65.6 Å². The third kappa shape index (κ3) is 4.20. The normalized spacial score (nSPS) is 13.5. The van der Waals surface area contributed by atoms with Crippen LogP contribution in [0.5, 0.6) is 0 Å². The molecule has 0 aliphatic rings. The fraction of sp³-hybridized carbons (Fsp3) is 0.706. The zero-order valence-corrected chi connectivity index (χ0v) is 13.9. The second-order valence-electron chi connectivity index (χ2n) is 6.64. The Morgan fingerprint density at radius 1 is 1.25 bits per heavy atom. The van der Waals surface area contributed by atoms with Crippen molar-refractivity contribution in [2.75, 3.05) is 0 Å². The van der Waals surface area contributed by atoms with E-state index in [0.717, 1.165) is 30.6 Å². The molecule has 0 aromatic carbocycles. The summed E-state index contributed by atoms with van der Waals surface area (Å²) >= 11 is 0. The number of rotatable bonds is 6. The van der Waals surface area contributed by atoms with Crippen molar-refractivity contribution < 1.29 is 0 Å². The van der Waals surface area contributed by atoms with Gasteiger partial charge in [0.15, 0.2) is 0 Å². The van der Waals surface area contributed by atoms with Gasteiger partial charge in [0, 0.05) is 35.8 Å². The Hall–Kier alpha value is -1.09. The van der Waals surface area contributed by atoms with Gasteiger partial charge in [-0.1, -0.05) is 40.7 Å². The molecule has 114 valence electrons. The van der Waals surface area contributed by atoms with Crippen LogP contribution in [0.15, 0.2) is 16.9 Å². The lowest BCUT2D eigenvalue weighted by Gasteiger charge is -2.25. The number of hydrogen-bond acceptors (Lipinski definition) is 2. The van der Waals surface area contributed by atoms with Crippen LogP contribution in [0.2, 0.25) is 0 Å². The zero-order valence-electron chi connectivity index (χ0n) is 13.9. The highest BCUT2D eigenvalue weighted by molar-refractivity contribution is 5.21. The van der Waals surface area contributed by atoms with Gasteiger partial charge in [-0.05, 0) is 25.8 Å². The first-order chi connectivity index (χ1) is 9.31. The third-order valence-electron chi connectivity index (χ3n) is 3.72. The van der Waals surface area contributed by atoms with Crippen LogP contribution in [0.4, 0.5) is 0 Å². The quantitative estimate of drug-likeness (QED) is 0.865. The number of hydrogen-bond donors (Lipinski definition) is 1. The van der Waals surface area contributed by atoms with Gasteiger partial charge in [-0.2, -0.15) is 0 Å². The lowest BCUT2D eigenvalue weighted by Crippen LogP contribution is -2.34. The molecular weight excluding hydrogens is 248 g/mol. The van der Waals surface area contributed by atoms with E-state index in [2.05, 4.69) is 52.9 Å². The van der Waals surface area contributed by atoms with E-state index in [1.807, 2.05) is 10.6 Å². The Kier molecular flexibility index (Phi) is 6.00. The molecule has 1 unspecified atom stereocenters. The molecule has 1 aromatic rings. The van der Waals surface area contributed by atoms with Gasteiger partial charge in [0.25, 0.3) is 5.56 Å². The summed E-state index contributed by atoms with van der Waals surface area (Å²) in [6.07, 6.45) is 2.05. The van der Waals surface area contributed by atoms with Gasteiger partial charge in [-0.25, -0.2) is 0 Å². The standard InChI is InChI=1S/C17H30N2O/c1-7-11-19-15(17(4,5)6)10-9-14(16(19)20)12-18-13(3)8-2/h9-10,13,18H,7-8,11-12H2,1-6H3. The number of nitrogens with one attached hydrogen (secondary N) is 1. The van der Waals surface area contributed by atoms with Crippen molar-refractivity contribution in [2.45, 2.75) is 78.9 Å². The maximum atomic E-state index is 12.7. The first kappa shape index (κ1) is 17.0. The van der Waals surface area contributed by atoms with Gasteiger partial charge in [0.05, 0.1) is 0 Å². The van der Waals surface area contributed by atoms with Crippen LogP contribution in [0, 0.1) is 0 Å². The highest BCUT2D eigenvalue weighted by Gasteiger charge is 2.19. The third-order valence-corrected chi connectivity index (χ3v) is 3.72. The van der Waals surface area contributed by atoms with Gasteiger partial charge in [-0.15, -0.1) is 0 Å². The minimum Gasteiger partial charge on any atom is -0.312 e. The molecule has 0 amide bonds. The van der Waals surface area contributed by atoms with E-state index in [4.69, 9.17) is 0 Å². The van der Waals surface area contributed by atoms with E-state index in [0.29, 0.717) is 12.6 Å². The van der Waals surface area contributed by atoms with Crippen LogP contribution < -0.4 is 10.9 Å². The van der Waals surface area contributed by atoms with Crippen LogP contribution in [-0.2, 0) is 18.5 Å². The van der Waals surface area contributed by atoms with Crippen molar-refractivity contribution in [3.8, 4) is 0 Å². The summed E-state index contributed by atoms with van der Waals surface area (Å²) in [5.41, 5.74) is 2.15. The van der Waals surface area contributed by atoms with E-state index >= 15 is 0 Å². The highest BCUT2D eigenvalue weighted by Crippen LogP contribution is 2.21. The molecule has 3 heteroatoms. The van der Waals surface area contributed by atoms with Crippen molar-refractivity contribution in [3.05, 3.63) is 33.7 Å². The molecule has 0 spiro atoms. The predicted octanol–water partition coefficient (Wildman–Crippen LogP) is 3.44. The van der Waals surface area contributed by atoms with Crippen molar-refractivity contribution >= 4 is 0 Å². The van der Waals surface area contributed by atoms with Crippen molar-refractivity contribution in [1.82, 2.24) is 9.88 Å². The molecule has 1 rings (SSSR count). The fourth-order valence-electron chi connectivity index (χ4n) is 2.29. The smallest absolute Gasteiger partial charge is 0.255 e. The van der Waals surface area contributed by atoms with Crippen molar-refractivity contribution in [3.63, 3.8) is 0 Å². The Morgan fingerprint density at radius 2 is 1.90 bits per heavy atom. The van der Waals surface area contributed by atoms with Crippen LogP contribution in [-0.4, -0.2) is 10.6 Å². The number of aromatic nitrogens is 1. The summed E-state index contributed by atoms with van der Waals surface area (Å²) in [4.78, 5) is 12.7. The Balaban J connectivity index is 3.12. The molecule has 0 aliphatic heterocycles. The molecule has 1 aromatic heterocycles. The SMILES string of the molecule is CCCn1c(C(C)(C)C)ccc(CNC(C)CC)c1=O. The predicted molar refractivity (Wildman–Crippen MR) is 86.3 cm³/mol. The Bertz CT molecular complexity index is 483. The lowest BCUT2D eigenvalue weighted by molar-refractivity contribution is 0.488. The molecule has 3 nitrogen and oxygen atoms in total. The summed E-state index contributed by atoms with van der Waals surface area (Å²) < 4.78 is 1.95. The highest BCUT2D eigenvalue weighted by atomic mass is 16.1. The maximum absolute atomic E-state index is 12.7. The first-order valence-electron chi connectivity index (χ1n) is 7.77. The summed E-state index contributed by atoms with van der Waals surface area (Å²) in [7, 11) is 0. The average Bonchev–Trinajstić information content (AvgIpc) is 2.38. The average molecular weight is 278 g/mol. The summed E-state index contributed by atoms with van der Waals surface area (Å²) in [5.74, 6) is 0. The molecular formula is C17H30N2O.